The lowest BCUT2D eigenvalue weighted by molar-refractivity contribution is 0.0177. The number of urea groups is 1. The zero-order chi connectivity index (χ0) is 27.0. The van der Waals surface area contributed by atoms with Crippen LogP contribution in [0, 0.1) is 5.82 Å². The molecule has 0 radical (unpaired) electrons. The van der Waals surface area contributed by atoms with Gasteiger partial charge in [-0.3, -0.25) is 0 Å². The van der Waals surface area contributed by atoms with Gasteiger partial charge in [0.1, 0.15) is 11.5 Å². The number of carbonyl (C=O) groups excluding carboxylic acids is 1. The highest BCUT2D eigenvalue weighted by molar-refractivity contribution is 5.96. The van der Waals surface area contributed by atoms with E-state index in [0.717, 1.165) is 46.8 Å². The SMILES string of the molecule is CCOCCOCCOCCNC(=O)N1CCC[C@H](n2ccc3ccc(-c4c[nH]c5ncc(F)cc45)cc32)C1. The van der Waals surface area contributed by atoms with Gasteiger partial charge >= 0.3 is 6.03 Å². The highest BCUT2D eigenvalue weighted by atomic mass is 19.1. The fourth-order valence-corrected chi connectivity index (χ4v) is 5.14. The van der Waals surface area contributed by atoms with E-state index in [-0.39, 0.29) is 17.9 Å². The molecule has 1 fully saturated rings. The summed E-state index contributed by atoms with van der Waals surface area (Å²) in [5, 5.41) is 4.86. The summed E-state index contributed by atoms with van der Waals surface area (Å²) in [6, 6.07) is 10.00. The summed E-state index contributed by atoms with van der Waals surface area (Å²) in [6.45, 7) is 7.05. The number of benzene rings is 1. The third kappa shape index (κ3) is 6.58. The number of piperidine rings is 1. The van der Waals surface area contributed by atoms with E-state index in [4.69, 9.17) is 14.2 Å². The van der Waals surface area contributed by atoms with Crippen molar-refractivity contribution < 1.29 is 23.4 Å². The minimum Gasteiger partial charge on any atom is -0.379 e. The summed E-state index contributed by atoms with van der Waals surface area (Å²) in [7, 11) is 0. The fraction of sp³-hybridized carbons (Fsp3) is 0.448. The van der Waals surface area contributed by atoms with Crippen molar-refractivity contribution in [3.05, 3.63) is 54.7 Å². The Kier molecular flexibility index (Phi) is 9.08. The van der Waals surface area contributed by atoms with Crippen molar-refractivity contribution in [1.82, 2.24) is 24.8 Å². The van der Waals surface area contributed by atoms with E-state index >= 15 is 0 Å². The molecule has 4 heterocycles. The second kappa shape index (κ2) is 13.1. The van der Waals surface area contributed by atoms with Crippen LogP contribution in [0.4, 0.5) is 9.18 Å². The molecule has 0 spiro atoms. The van der Waals surface area contributed by atoms with E-state index in [1.54, 1.807) is 0 Å². The molecule has 0 unspecified atom stereocenters. The maximum absolute atomic E-state index is 13.9. The van der Waals surface area contributed by atoms with Gasteiger partial charge in [0.25, 0.3) is 0 Å². The van der Waals surface area contributed by atoms with Crippen LogP contribution in [0.1, 0.15) is 25.8 Å². The molecule has 4 aromatic rings. The summed E-state index contributed by atoms with van der Waals surface area (Å²) >= 11 is 0. The third-order valence-electron chi connectivity index (χ3n) is 7.08. The lowest BCUT2D eigenvalue weighted by Crippen LogP contribution is -2.46. The van der Waals surface area contributed by atoms with E-state index in [1.807, 2.05) is 18.0 Å². The first-order chi connectivity index (χ1) is 19.1. The fourth-order valence-electron chi connectivity index (χ4n) is 5.14. The van der Waals surface area contributed by atoms with E-state index in [1.165, 1.54) is 12.3 Å². The van der Waals surface area contributed by atoms with Crippen molar-refractivity contribution in [1.29, 1.82) is 0 Å². The number of ether oxygens (including phenoxy) is 3. The Labute approximate surface area is 227 Å². The van der Waals surface area contributed by atoms with Crippen LogP contribution in [-0.2, 0) is 14.2 Å². The Morgan fingerprint density at radius 1 is 1.13 bits per heavy atom. The average Bonchev–Trinajstić information content (AvgIpc) is 3.57. The molecule has 1 aliphatic heterocycles. The molecule has 1 atom stereocenters. The minimum absolute atomic E-state index is 0.0678. The molecule has 0 bridgehead atoms. The van der Waals surface area contributed by atoms with Gasteiger partial charge in [0.15, 0.2) is 0 Å². The molecule has 1 aromatic carbocycles. The van der Waals surface area contributed by atoms with E-state index in [0.29, 0.717) is 58.4 Å². The van der Waals surface area contributed by atoms with Crippen LogP contribution in [0.5, 0.6) is 0 Å². The van der Waals surface area contributed by atoms with Crippen LogP contribution in [-0.4, -0.2) is 84.7 Å². The first kappa shape index (κ1) is 27.1. The summed E-state index contributed by atoms with van der Waals surface area (Å²) in [5.41, 5.74) is 3.66. The number of carbonyl (C=O) groups is 1. The van der Waals surface area contributed by atoms with Crippen LogP contribution in [0.3, 0.4) is 0 Å². The predicted molar refractivity (Wildman–Crippen MR) is 148 cm³/mol. The van der Waals surface area contributed by atoms with Crippen LogP contribution < -0.4 is 5.32 Å². The van der Waals surface area contributed by atoms with Gasteiger partial charge in [0, 0.05) is 55.1 Å². The quantitative estimate of drug-likeness (QED) is 0.255. The first-order valence-corrected chi connectivity index (χ1v) is 13.6. The molecule has 2 amide bonds. The zero-order valence-corrected chi connectivity index (χ0v) is 22.3. The Bertz CT molecular complexity index is 1390. The molecule has 39 heavy (non-hydrogen) atoms. The zero-order valence-electron chi connectivity index (χ0n) is 22.3. The number of fused-ring (bicyclic) bond motifs is 2. The van der Waals surface area contributed by atoms with Crippen LogP contribution in [0.15, 0.2) is 48.9 Å². The molecule has 9 nitrogen and oxygen atoms in total. The number of rotatable bonds is 12. The number of pyridine rings is 1. The number of aromatic amines is 1. The summed E-state index contributed by atoms with van der Waals surface area (Å²) in [4.78, 5) is 22.0. The largest absolute Gasteiger partial charge is 0.379 e. The van der Waals surface area contributed by atoms with Gasteiger partial charge < -0.3 is 34.0 Å². The molecule has 10 heteroatoms. The number of hydrogen-bond acceptors (Lipinski definition) is 5. The van der Waals surface area contributed by atoms with Gasteiger partial charge in [-0.25, -0.2) is 14.2 Å². The first-order valence-electron chi connectivity index (χ1n) is 13.6. The Balaban J connectivity index is 1.17. The van der Waals surface area contributed by atoms with Crippen molar-refractivity contribution in [3.8, 4) is 11.1 Å². The van der Waals surface area contributed by atoms with Crippen molar-refractivity contribution in [2.24, 2.45) is 0 Å². The highest BCUT2D eigenvalue weighted by Gasteiger charge is 2.25. The summed E-state index contributed by atoms with van der Waals surface area (Å²) in [5.74, 6) is -0.359. The van der Waals surface area contributed by atoms with Crippen LogP contribution in [0.2, 0.25) is 0 Å². The smallest absolute Gasteiger partial charge is 0.317 e. The number of nitrogens with zero attached hydrogens (tertiary/aromatic N) is 3. The molecule has 2 N–H and O–H groups in total. The molecule has 208 valence electrons. The van der Waals surface area contributed by atoms with Gasteiger partial charge in [0.05, 0.1) is 45.3 Å². The molecular weight excluding hydrogens is 501 g/mol. The number of H-pyrrole nitrogens is 1. The number of nitrogens with one attached hydrogen (secondary N) is 2. The predicted octanol–water partition coefficient (Wildman–Crippen LogP) is 4.74. The van der Waals surface area contributed by atoms with Gasteiger partial charge in [-0.05, 0) is 48.9 Å². The Hall–Kier alpha value is -3.47. The summed E-state index contributed by atoms with van der Waals surface area (Å²) < 4.78 is 32.3. The van der Waals surface area contributed by atoms with Crippen molar-refractivity contribution in [2.75, 3.05) is 59.3 Å². The molecule has 0 aliphatic carbocycles. The Morgan fingerprint density at radius 3 is 2.79 bits per heavy atom. The molecule has 3 aromatic heterocycles. The normalized spacial score (nSPS) is 15.8. The van der Waals surface area contributed by atoms with Gasteiger partial charge in [-0.1, -0.05) is 12.1 Å². The Morgan fingerprint density at radius 2 is 1.95 bits per heavy atom. The van der Waals surface area contributed by atoms with Crippen LogP contribution in [0.25, 0.3) is 33.1 Å². The highest BCUT2D eigenvalue weighted by Crippen LogP contribution is 2.33. The van der Waals surface area contributed by atoms with Crippen molar-refractivity contribution in [3.63, 3.8) is 0 Å². The lowest BCUT2D eigenvalue weighted by Gasteiger charge is -2.34. The molecule has 1 aliphatic rings. The standard InChI is InChI=1S/C29H36FN5O4/c1-2-37-12-13-39-15-14-38-11-8-31-29(36)34-9-3-4-24(20-34)35-10-7-21-5-6-22(16-27(21)35)26-19-33-28-25(26)17-23(30)18-32-28/h5-7,10,16-19,24H,2-4,8-9,11-15,20H2,1H3,(H,31,36)(H,32,33)/t24-/m0/s1. The monoisotopic (exact) mass is 537 g/mol. The number of halogens is 1. The lowest BCUT2D eigenvalue weighted by atomic mass is 10.0. The van der Waals surface area contributed by atoms with Crippen molar-refractivity contribution >= 4 is 28.0 Å². The molecule has 5 rings (SSSR count). The molecule has 0 saturated carbocycles. The summed E-state index contributed by atoms with van der Waals surface area (Å²) in [6.07, 6.45) is 7.11. The topological polar surface area (TPSA) is 93.6 Å². The number of amides is 2. The number of likely N-dealkylation sites (tertiary alicyclic amines) is 1. The van der Waals surface area contributed by atoms with E-state index in [9.17, 15) is 9.18 Å². The van der Waals surface area contributed by atoms with Gasteiger partial charge in [0.2, 0.25) is 0 Å². The number of hydrogen-bond donors (Lipinski definition) is 2. The maximum Gasteiger partial charge on any atom is 0.317 e. The van der Waals surface area contributed by atoms with Crippen molar-refractivity contribution in [2.45, 2.75) is 25.8 Å². The van der Waals surface area contributed by atoms with E-state index < -0.39 is 0 Å². The second-order valence-corrected chi connectivity index (χ2v) is 9.64. The second-order valence-electron chi connectivity index (χ2n) is 9.64. The molecule has 1 saturated heterocycles. The van der Waals surface area contributed by atoms with Gasteiger partial charge in [-0.15, -0.1) is 0 Å². The van der Waals surface area contributed by atoms with E-state index in [2.05, 4.69) is 50.3 Å². The maximum atomic E-state index is 13.9. The third-order valence-corrected chi connectivity index (χ3v) is 7.08. The number of aromatic nitrogens is 3. The minimum atomic E-state index is -0.359. The van der Waals surface area contributed by atoms with Gasteiger partial charge in [-0.2, -0.15) is 0 Å². The average molecular weight is 538 g/mol. The van der Waals surface area contributed by atoms with Crippen LogP contribution >= 0.6 is 0 Å². The molecular formula is C29H36FN5O4.